The molecule has 0 saturated carbocycles. The van der Waals surface area contributed by atoms with Gasteiger partial charge in [0.25, 0.3) is 10.1 Å². The van der Waals surface area contributed by atoms with E-state index in [1.54, 1.807) is 12.1 Å². The van der Waals surface area contributed by atoms with E-state index >= 15 is 0 Å². The highest BCUT2D eigenvalue weighted by atomic mass is 35.5. The minimum absolute atomic E-state index is 0.0138. The quantitative estimate of drug-likeness (QED) is 0.399. The molecule has 6 heteroatoms. The number of Topliss-reactive ketones (excluding diaryl/α,β-unsaturated/α-hetero) is 1. The molecular weight excluding hydrogens is 300 g/mol. The molecule has 0 aliphatic rings. The Morgan fingerprint density at radius 1 is 1.15 bits per heavy atom. The number of carbonyl (C=O) groups is 1. The fourth-order valence-corrected chi connectivity index (χ4v) is 2.69. The molecule has 1 aromatic carbocycles. The minimum atomic E-state index is -3.67. The summed E-state index contributed by atoms with van der Waals surface area (Å²) in [6.45, 7) is 2.02. The second-order valence-electron chi connectivity index (χ2n) is 4.57. The summed E-state index contributed by atoms with van der Waals surface area (Å²) in [5, 5.41) is 0. The van der Waals surface area contributed by atoms with Gasteiger partial charge in [-0.3, -0.25) is 8.98 Å². The van der Waals surface area contributed by atoms with Crippen LogP contribution in [-0.4, -0.2) is 26.7 Å². The van der Waals surface area contributed by atoms with Gasteiger partial charge in [-0.15, -0.1) is 11.6 Å². The van der Waals surface area contributed by atoms with Crippen LogP contribution in [0.25, 0.3) is 0 Å². The average Bonchev–Trinajstić information content (AvgIpc) is 2.42. The van der Waals surface area contributed by atoms with E-state index in [2.05, 4.69) is 0 Å². The fourth-order valence-electron chi connectivity index (χ4n) is 1.61. The topological polar surface area (TPSA) is 60.4 Å². The lowest BCUT2D eigenvalue weighted by molar-refractivity contribution is -0.116. The molecule has 0 amide bonds. The summed E-state index contributed by atoms with van der Waals surface area (Å²) in [7, 11) is -3.67. The first kappa shape index (κ1) is 17.1. The standard InChI is InChI=1S/C14H19ClO4S/c1-12-6-8-14(9-7-12)20(17,18)19-10-4-2-3-5-13(16)11-15/h6-9H,2-5,10-11H2,1H3. The molecule has 0 heterocycles. The number of alkyl halides is 1. The van der Waals surface area contributed by atoms with E-state index in [1.807, 2.05) is 6.92 Å². The van der Waals surface area contributed by atoms with Crippen molar-refractivity contribution in [1.29, 1.82) is 0 Å². The highest BCUT2D eigenvalue weighted by Crippen LogP contribution is 2.14. The Bertz CT molecular complexity index is 523. The van der Waals surface area contributed by atoms with E-state index in [0.29, 0.717) is 19.3 Å². The summed E-state index contributed by atoms with van der Waals surface area (Å²) in [6.07, 6.45) is 2.49. The molecule has 1 rings (SSSR count). The summed E-state index contributed by atoms with van der Waals surface area (Å²) in [5.74, 6) is 0.0537. The summed E-state index contributed by atoms with van der Waals surface area (Å²) in [5.41, 5.74) is 0.993. The summed E-state index contributed by atoms with van der Waals surface area (Å²) in [6, 6.07) is 6.52. The molecular formula is C14H19ClO4S. The van der Waals surface area contributed by atoms with Crippen LogP contribution >= 0.6 is 11.6 Å². The van der Waals surface area contributed by atoms with Gasteiger partial charge in [-0.2, -0.15) is 8.42 Å². The number of carbonyl (C=O) groups excluding carboxylic acids is 1. The second-order valence-corrected chi connectivity index (χ2v) is 6.45. The summed E-state index contributed by atoms with van der Waals surface area (Å²) in [4.78, 5) is 11.1. The van der Waals surface area contributed by atoms with E-state index in [1.165, 1.54) is 12.1 Å². The monoisotopic (exact) mass is 318 g/mol. The normalized spacial score (nSPS) is 11.5. The van der Waals surface area contributed by atoms with Crippen molar-refractivity contribution in [3.8, 4) is 0 Å². The number of aryl methyl sites for hydroxylation is 1. The maximum Gasteiger partial charge on any atom is 0.296 e. The molecule has 0 spiro atoms. The number of hydrogen-bond acceptors (Lipinski definition) is 4. The Hall–Kier alpha value is -0.910. The zero-order valence-electron chi connectivity index (χ0n) is 11.5. The van der Waals surface area contributed by atoms with Gasteiger partial charge in [0, 0.05) is 6.42 Å². The zero-order valence-corrected chi connectivity index (χ0v) is 13.0. The van der Waals surface area contributed by atoms with Gasteiger partial charge in [-0.25, -0.2) is 0 Å². The largest absolute Gasteiger partial charge is 0.298 e. The Labute approximate surface area is 125 Å². The Kier molecular flexibility index (Phi) is 7.19. The molecule has 4 nitrogen and oxygen atoms in total. The number of halogens is 1. The smallest absolute Gasteiger partial charge is 0.296 e. The second kappa shape index (κ2) is 8.39. The number of unbranched alkanes of at least 4 members (excludes halogenated alkanes) is 2. The van der Waals surface area contributed by atoms with Crippen molar-refractivity contribution in [3.63, 3.8) is 0 Å². The van der Waals surface area contributed by atoms with Crippen LogP contribution in [0.2, 0.25) is 0 Å². The van der Waals surface area contributed by atoms with E-state index in [9.17, 15) is 13.2 Å². The molecule has 0 saturated heterocycles. The van der Waals surface area contributed by atoms with Crippen LogP contribution in [0, 0.1) is 6.92 Å². The average molecular weight is 319 g/mol. The molecule has 0 aromatic heterocycles. The number of ketones is 1. The van der Waals surface area contributed by atoms with Crippen molar-refractivity contribution in [3.05, 3.63) is 29.8 Å². The van der Waals surface area contributed by atoms with Gasteiger partial charge in [-0.1, -0.05) is 24.1 Å². The lowest BCUT2D eigenvalue weighted by Crippen LogP contribution is -2.08. The summed E-state index contributed by atoms with van der Waals surface area (Å²) >= 11 is 5.38. The number of hydrogen-bond donors (Lipinski definition) is 0. The van der Waals surface area contributed by atoms with Gasteiger partial charge in [0.1, 0.15) is 5.78 Å². The van der Waals surface area contributed by atoms with Crippen LogP contribution in [0.5, 0.6) is 0 Å². The maximum absolute atomic E-state index is 11.8. The van der Waals surface area contributed by atoms with E-state index in [0.717, 1.165) is 12.0 Å². The van der Waals surface area contributed by atoms with Gasteiger partial charge in [-0.05, 0) is 31.9 Å². The number of rotatable bonds is 9. The Morgan fingerprint density at radius 2 is 1.80 bits per heavy atom. The lowest BCUT2D eigenvalue weighted by atomic mass is 10.1. The molecule has 1 aromatic rings. The Morgan fingerprint density at radius 3 is 2.40 bits per heavy atom. The zero-order chi connectivity index (χ0) is 15.0. The van der Waals surface area contributed by atoms with Crippen LogP contribution in [0.3, 0.4) is 0 Å². The van der Waals surface area contributed by atoms with Crippen LogP contribution in [0.15, 0.2) is 29.2 Å². The van der Waals surface area contributed by atoms with Crippen molar-refractivity contribution in [2.24, 2.45) is 0 Å². The van der Waals surface area contributed by atoms with Crippen LogP contribution in [0.4, 0.5) is 0 Å². The molecule has 20 heavy (non-hydrogen) atoms. The van der Waals surface area contributed by atoms with Crippen LogP contribution in [0.1, 0.15) is 31.2 Å². The van der Waals surface area contributed by atoms with Crippen LogP contribution < -0.4 is 0 Å². The first-order valence-electron chi connectivity index (χ1n) is 6.49. The predicted octanol–water partition coefficient (Wildman–Crippen LogP) is 3.07. The molecule has 0 radical (unpaired) electrons. The Balaban J connectivity index is 2.30. The molecule has 0 N–H and O–H groups in total. The molecule has 0 aliphatic carbocycles. The van der Waals surface area contributed by atoms with Crippen molar-refractivity contribution >= 4 is 27.5 Å². The fraction of sp³-hybridized carbons (Fsp3) is 0.500. The minimum Gasteiger partial charge on any atom is -0.298 e. The van der Waals surface area contributed by atoms with Crippen molar-refractivity contribution in [2.75, 3.05) is 12.5 Å². The van der Waals surface area contributed by atoms with Gasteiger partial charge >= 0.3 is 0 Å². The molecule has 0 aliphatic heterocycles. The maximum atomic E-state index is 11.8. The molecule has 112 valence electrons. The predicted molar refractivity (Wildman–Crippen MR) is 78.5 cm³/mol. The lowest BCUT2D eigenvalue weighted by Gasteiger charge is -2.05. The third kappa shape index (κ3) is 6.03. The van der Waals surface area contributed by atoms with E-state index in [4.69, 9.17) is 15.8 Å². The first-order valence-corrected chi connectivity index (χ1v) is 8.44. The molecule has 0 atom stereocenters. The van der Waals surface area contributed by atoms with Crippen molar-refractivity contribution in [1.82, 2.24) is 0 Å². The van der Waals surface area contributed by atoms with E-state index in [-0.39, 0.29) is 23.2 Å². The third-order valence-electron chi connectivity index (χ3n) is 2.80. The summed E-state index contributed by atoms with van der Waals surface area (Å²) < 4.78 is 28.6. The number of benzene rings is 1. The van der Waals surface area contributed by atoms with E-state index < -0.39 is 10.1 Å². The highest BCUT2D eigenvalue weighted by molar-refractivity contribution is 7.86. The SMILES string of the molecule is Cc1ccc(S(=O)(=O)OCCCCCC(=O)CCl)cc1. The van der Waals surface area contributed by atoms with Crippen LogP contribution in [-0.2, 0) is 19.1 Å². The molecule has 0 unspecified atom stereocenters. The van der Waals surface area contributed by atoms with Gasteiger partial charge in [0.2, 0.25) is 0 Å². The molecule has 0 bridgehead atoms. The van der Waals surface area contributed by atoms with Crippen molar-refractivity contribution in [2.45, 2.75) is 37.5 Å². The first-order chi connectivity index (χ1) is 9.45. The van der Waals surface area contributed by atoms with Crippen molar-refractivity contribution < 1.29 is 17.4 Å². The molecule has 0 fully saturated rings. The van der Waals surface area contributed by atoms with Gasteiger partial charge < -0.3 is 0 Å². The third-order valence-corrected chi connectivity index (χ3v) is 4.42. The van der Waals surface area contributed by atoms with Gasteiger partial charge in [0.15, 0.2) is 0 Å². The highest BCUT2D eigenvalue weighted by Gasteiger charge is 2.14. The van der Waals surface area contributed by atoms with Gasteiger partial charge in [0.05, 0.1) is 17.4 Å².